The van der Waals surface area contributed by atoms with Gasteiger partial charge in [-0.1, -0.05) is 17.7 Å². The molecule has 0 saturated heterocycles. The number of halogens is 2. The first-order chi connectivity index (χ1) is 12.8. The highest BCUT2D eigenvalue weighted by molar-refractivity contribution is 7.99. The number of fused-ring (bicyclic) bond motifs is 1. The third-order valence-electron chi connectivity index (χ3n) is 4.14. The minimum absolute atomic E-state index is 0.0393. The third-order valence-corrected chi connectivity index (χ3v) is 6.68. The molecule has 2 heterocycles. The summed E-state index contributed by atoms with van der Waals surface area (Å²) >= 11 is 8.50. The first-order valence-corrected chi connectivity index (χ1v) is 10.4. The number of anilines is 1. The largest absolute Gasteiger partial charge is 0.323 e. The number of carbonyl (C=O) groups is 1. The van der Waals surface area contributed by atoms with Crippen LogP contribution in [0.5, 0.6) is 0 Å². The van der Waals surface area contributed by atoms with Crippen LogP contribution < -0.4 is 10.9 Å². The van der Waals surface area contributed by atoms with Crippen molar-refractivity contribution in [1.82, 2.24) is 9.97 Å². The normalized spacial score (nSPS) is 12.3. The number of aryl methyl sites for hydroxylation is 2. The maximum Gasteiger partial charge on any atom is 0.259 e. The second-order valence-electron chi connectivity index (χ2n) is 6.02. The van der Waals surface area contributed by atoms with Gasteiger partial charge in [0.1, 0.15) is 10.7 Å². The zero-order valence-electron chi connectivity index (χ0n) is 14.9. The van der Waals surface area contributed by atoms with Gasteiger partial charge in [0.25, 0.3) is 5.56 Å². The number of thiophene rings is 1. The van der Waals surface area contributed by atoms with E-state index in [1.807, 2.05) is 13.8 Å². The first kappa shape index (κ1) is 19.9. The van der Waals surface area contributed by atoms with Gasteiger partial charge in [-0.25, -0.2) is 9.37 Å². The SMILES string of the molecule is Cc1sc2nc(CSC(C)C(=O)Nc3cccc(Cl)c3F)[nH]c(=O)c2c1C. The molecule has 5 nitrogen and oxygen atoms in total. The van der Waals surface area contributed by atoms with Gasteiger partial charge in [-0.05, 0) is 38.5 Å². The van der Waals surface area contributed by atoms with E-state index in [2.05, 4.69) is 15.3 Å². The van der Waals surface area contributed by atoms with Crippen molar-refractivity contribution < 1.29 is 9.18 Å². The van der Waals surface area contributed by atoms with Crippen LogP contribution in [0.1, 0.15) is 23.2 Å². The lowest BCUT2D eigenvalue weighted by Crippen LogP contribution is -2.23. The van der Waals surface area contributed by atoms with Gasteiger partial charge in [0.05, 0.1) is 27.1 Å². The van der Waals surface area contributed by atoms with Crippen molar-refractivity contribution in [2.75, 3.05) is 5.32 Å². The monoisotopic (exact) mass is 425 g/mol. The number of H-pyrrole nitrogens is 1. The highest BCUT2D eigenvalue weighted by Crippen LogP contribution is 2.27. The molecule has 0 saturated carbocycles. The van der Waals surface area contributed by atoms with Crippen LogP contribution in [0.2, 0.25) is 5.02 Å². The molecule has 0 radical (unpaired) electrons. The lowest BCUT2D eigenvalue weighted by Gasteiger charge is -2.12. The van der Waals surface area contributed by atoms with E-state index in [1.54, 1.807) is 13.0 Å². The number of aromatic nitrogens is 2. The van der Waals surface area contributed by atoms with Crippen molar-refractivity contribution in [3.05, 3.63) is 55.7 Å². The maximum atomic E-state index is 13.9. The molecule has 1 amide bonds. The Morgan fingerprint density at radius 1 is 1.44 bits per heavy atom. The number of thioether (sulfide) groups is 1. The Morgan fingerprint density at radius 2 is 2.19 bits per heavy atom. The molecule has 0 aliphatic rings. The van der Waals surface area contributed by atoms with Gasteiger partial charge in [-0.2, -0.15) is 0 Å². The molecular weight excluding hydrogens is 409 g/mol. The minimum atomic E-state index is -0.662. The van der Waals surface area contributed by atoms with E-state index in [1.165, 1.54) is 35.2 Å². The van der Waals surface area contributed by atoms with E-state index >= 15 is 0 Å². The lowest BCUT2D eigenvalue weighted by atomic mass is 10.2. The van der Waals surface area contributed by atoms with Crippen LogP contribution in [0.4, 0.5) is 10.1 Å². The van der Waals surface area contributed by atoms with Crippen molar-refractivity contribution in [2.45, 2.75) is 31.8 Å². The Morgan fingerprint density at radius 3 is 2.93 bits per heavy atom. The van der Waals surface area contributed by atoms with Gasteiger partial charge in [-0.15, -0.1) is 23.1 Å². The number of rotatable bonds is 5. The highest BCUT2D eigenvalue weighted by atomic mass is 35.5. The summed E-state index contributed by atoms with van der Waals surface area (Å²) in [5, 5.41) is 2.62. The van der Waals surface area contributed by atoms with E-state index in [0.29, 0.717) is 21.8 Å². The molecule has 1 aromatic carbocycles. The molecular formula is C18H17ClFN3O2S2. The van der Waals surface area contributed by atoms with Crippen LogP contribution in [0, 0.1) is 19.7 Å². The molecule has 142 valence electrons. The molecule has 3 rings (SSSR count). The molecule has 2 aromatic heterocycles. The van der Waals surface area contributed by atoms with Gasteiger partial charge in [0.2, 0.25) is 5.91 Å². The summed E-state index contributed by atoms with van der Waals surface area (Å²) in [7, 11) is 0. The van der Waals surface area contributed by atoms with Gasteiger partial charge >= 0.3 is 0 Å². The molecule has 1 atom stereocenters. The number of aromatic amines is 1. The predicted octanol–water partition coefficient (Wildman–Crippen LogP) is 4.65. The third kappa shape index (κ3) is 4.17. The summed E-state index contributed by atoms with van der Waals surface area (Å²) in [5.74, 6) is -0.155. The molecule has 9 heteroatoms. The number of carbonyl (C=O) groups excluding carboxylic acids is 1. The lowest BCUT2D eigenvalue weighted by molar-refractivity contribution is -0.115. The highest BCUT2D eigenvalue weighted by Gasteiger charge is 2.18. The Balaban J connectivity index is 1.69. The van der Waals surface area contributed by atoms with E-state index in [-0.39, 0.29) is 22.2 Å². The van der Waals surface area contributed by atoms with Gasteiger partial charge in [0.15, 0.2) is 5.82 Å². The molecule has 0 aliphatic heterocycles. The van der Waals surface area contributed by atoms with Crippen LogP contribution in [0.15, 0.2) is 23.0 Å². The van der Waals surface area contributed by atoms with E-state index < -0.39 is 11.1 Å². The van der Waals surface area contributed by atoms with Crippen molar-refractivity contribution in [3.8, 4) is 0 Å². The van der Waals surface area contributed by atoms with Gasteiger partial charge in [-0.3, -0.25) is 9.59 Å². The van der Waals surface area contributed by atoms with Crippen LogP contribution in [0.25, 0.3) is 10.2 Å². The molecule has 1 unspecified atom stereocenters. The average molecular weight is 426 g/mol. The summed E-state index contributed by atoms with van der Waals surface area (Å²) in [5.41, 5.74) is 0.812. The Kier molecular flexibility index (Phi) is 5.88. The van der Waals surface area contributed by atoms with Crippen LogP contribution >= 0.6 is 34.7 Å². The number of benzene rings is 1. The van der Waals surface area contributed by atoms with Gasteiger partial charge < -0.3 is 10.3 Å². The molecule has 0 spiro atoms. The van der Waals surface area contributed by atoms with Gasteiger partial charge in [0, 0.05) is 4.88 Å². The zero-order valence-corrected chi connectivity index (χ0v) is 17.2. The standard InChI is InChI=1S/C18H17ClFN3O2S2/c1-8-9(2)27-18-14(8)17(25)22-13(23-18)7-26-10(3)16(24)21-12-6-4-5-11(19)15(12)20/h4-6,10H,7H2,1-3H3,(H,21,24)(H,22,23,25). The second-order valence-corrected chi connectivity index (χ2v) is 8.96. The van der Waals surface area contributed by atoms with Crippen molar-refractivity contribution in [1.29, 1.82) is 0 Å². The maximum absolute atomic E-state index is 13.9. The Bertz CT molecular complexity index is 1080. The number of hydrogen-bond donors (Lipinski definition) is 2. The fraction of sp³-hybridized carbons (Fsp3) is 0.278. The van der Waals surface area contributed by atoms with Crippen molar-refractivity contribution >= 4 is 56.5 Å². The van der Waals surface area contributed by atoms with Crippen LogP contribution in [-0.4, -0.2) is 21.1 Å². The van der Waals surface area contributed by atoms with Crippen molar-refractivity contribution in [2.24, 2.45) is 0 Å². The molecule has 3 aromatic rings. The molecule has 2 N–H and O–H groups in total. The summed E-state index contributed by atoms with van der Waals surface area (Å²) in [6, 6.07) is 4.43. The fourth-order valence-electron chi connectivity index (χ4n) is 2.48. The number of amides is 1. The van der Waals surface area contributed by atoms with E-state index in [9.17, 15) is 14.0 Å². The molecule has 27 heavy (non-hydrogen) atoms. The summed E-state index contributed by atoms with van der Waals surface area (Å²) < 4.78 is 13.9. The fourth-order valence-corrected chi connectivity index (χ4v) is 4.46. The summed E-state index contributed by atoms with van der Waals surface area (Å²) in [4.78, 5) is 33.6. The zero-order chi connectivity index (χ0) is 19.7. The Hall–Kier alpha value is -1.90. The molecule has 0 bridgehead atoms. The topological polar surface area (TPSA) is 74.8 Å². The molecule has 0 fully saturated rings. The van der Waals surface area contributed by atoms with E-state index in [0.717, 1.165) is 10.4 Å². The van der Waals surface area contributed by atoms with Crippen LogP contribution in [-0.2, 0) is 10.5 Å². The second kappa shape index (κ2) is 8.00. The predicted molar refractivity (Wildman–Crippen MR) is 111 cm³/mol. The molecule has 0 aliphatic carbocycles. The summed E-state index contributed by atoms with van der Waals surface area (Å²) in [6.07, 6.45) is 0. The smallest absolute Gasteiger partial charge is 0.259 e. The average Bonchev–Trinajstić information content (AvgIpc) is 2.91. The number of nitrogens with zero attached hydrogens (tertiary/aromatic N) is 1. The number of hydrogen-bond acceptors (Lipinski definition) is 5. The Labute approximate surface area is 168 Å². The minimum Gasteiger partial charge on any atom is -0.323 e. The first-order valence-electron chi connectivity index (χ1n) is 8.13. The van der Waals surface area contributed by atoms with E-state index in [4.69, 9.17) is 11.6 Å². The quantitative estimate of drug-likeness (QED) is 0.623. The van der Waals surface area contributed by atoms with Crippen LogP contribution in [0.3, 0.4) is 0 Å². The van der Waals surface area contributed by atoms with Crippen molar-refractivity contribution in [3.63, 3.8) is 0 Å². The number of nitrogens with one attached hydrogen (secondary N) is 2. The summed E-state index contributed by atoms with van der Waals surface area (Å²) in [6.45, 7) is 5.57.